The van der Waals surface area contributed by atoms with Gasteiger partial charge in [0.15, 0.2) is 12.0 Å². The fraction of sp³-hybridized carbons (Fsp3) is 0.591. The molecule has 0 bridgehead atoms. The van der Waals surface area contributed by atoms with Gasteiger partial charge in [0.05, 0.1) is 110 Å². The highest BCUT2D eigenvalue weighted by atomic mass is 32.1. The number of carboxylic acid groups (broad SMARTS) is 3. The zero-order valence-corrected chi connectivity index (χ0v) is 85.6. The number of ether oxygens (including phenoxy) is 6. The summed E-state index contributed by atoms with van der Waals surface area (Å²) in [4.78, 5) is 261. The zero-order chi connectivity index (χ0) is 109. The molecule has 0 aliphatic carbocycles. The Morgan fingerprint density at radius 2 is 0.851 bits per heavy atom. The number of imidazole rings is 1. The van der Waals surface area contributed by atoms with Crippen LogP contribution in [-0.2, 0) is 134 Å². The second-order valence-electron chi connectivity index (χ2n) is 35.5. The third kappa shape index (κ3) is 47.4. The number of aromatic nitrogens is 4. The van der Waals surface area contributed by atoms with Crippen LogP contribution in [0.3, 0.4) is 0 Å². The Hall–Kier alpha value is -13.8. The second-order valence-corrected chi connectivity index (χ2v) is 36.2. The number of aliphatic hydroxyl groups is 1. The highest BCUT2D eigenvalue weighted by Crippen LogP contribution is 2.23. The smallest absolute Gasteiger partial charge is 0.328 e. The van der Waals surface area contributed by atoms with E-state index in [0.717, 1.165) is 6.92 Å². The van der Waals surface area contributed by atoms with Crippen LogP contribution in [0.1, 0.15) is 130 Å². The first-order valence-electron chi connectivity index (χ1n) is 48.2. The number of para-hydroxylation sites is 2. The van der Waals surface area contributed by atoms with E-state index in [1.807, 2.05) is 0 Å². The molecule has 0 spiro atoms. The number of rotatable bonds is 75. The van der Waals surface area contributed by atoms with E-state index >= 15 is 0 Å². The largest absolute Gasteiger partial charge is 0.481 e. The van der Waals surface area contributed by atoms with Crippen LogP contribution in [0.25, 0.3) is 32.2 Å². The van der Waals surface area contributed by atoms with Crippen molar-refractivity contribution < 1.29 is 135 Å². The number of nitrogens with two attached hydrogens (primary N) is 1. The van der Waals surface area contributed by atoms with Crippen LogP contribution < -0.4 is 90.8 Å². The summed E-state index contributed by atoms with van der Waals surface area (Å²) >= 11 is 8.42. The lowest BCUT2D eigenvalue weighted by Crippen LogP contribution is -2.61. The number of aliphatic hydroxyl groups excluding tert-OH is 1. The molecular formula is C93H141N25O28S2. The maximum atomic E-state index is 15.0. The number of hydrogen-bond acceptors (Lipinski definition) is 30. The van der Waals surface area contributed by atoms with Gasteiger partial charge in [-0.15, -0.1) is 0 Å². The van der Waals surface area contributed by atoms with Crippen molar-refractivity contribution in [2.24, 2.45) is 28.6 Å². The fourth-order valence-electron chi connectivity index (χ4n) is 14.5. The van der Waals surface area contributed by atoms with Gasteiger partial charge in [-0.1, -0.05) is 83.1 Å². The van der Waals surface area contributed by atoms with Gasteiger partial charge in [0, 0.05) is 115 Å². The van der Waals surface area contributed by atoms with E-state index < -0.39 is 229 Å². The Morgan fingerprint density at radius 1 is 0.432 bits per heavy atom. The minimum atomic E-state index is -1.77. The lowest BCUT2D eigenvalue weighted by Gasteiger charge is -2.29. The van der Waals surface area contributed by atoms with Gasteiger partial charge in [-0.25, -0.2) is 9.78 Å². The molecule has 0 radical (unpaired) electrons. The van der Waals surface area contributed by atoms with E-state index in [9.17, 15) is 107 Å². The minimum absolute atomic E-state index is 0.0447. The van der Waals surface area contributed by atoms with Gasteiger partial charge in [0.1, 0.15) is 72.5 Å². The molecular weight excluding hydrogens is 1980 g/mol. The van der Waals surface area contributed by atoms with Gasteiger partial charge in [-0.2, -0.15) is 25.3 Å². The summed E-state index contributed by atoms with van der Waals surface area (Å²) in [7, 11) is 0. The van der Waals surface area contributed by atoms with E-state index in [2.05, 4.69) is 140 Å². The lowest BCUT2D eigenvalue weighted by molar-refractivity contribution is -0.145. The minimum Gasteiger partial charge on any atom is -0.481 e. The maximum Gasteiger partial charge on any atom is 0.328 e. The van der Waals surface area contributed by atoms with Crippen LogP contribution in [0.2, 0.25) is 0 Å². The number of benzene rings is 2. The molecule has 0 fully saturated rings. The lowest BCUT2D eigenvalue weighted by atomic mass is 9.98. The molecule has 5 rings (SSSR count). The molecule has 0 aliphatic rings. The number of carboxylic acids is 3. The SMILES string of the molecule is CC(C)C[C@H](NC(=O)[C@H](Cc1c[nH]cn1)NC(=O)[C@H](Cc1c[nH]c2ccccc12)NC(=O)[C@H](C)NC(=O)[C@H](CS)NC(=O)[C@H](CC(=O)O)NC(=O)CCOCCOCCOCCOCCOCCOCCNC(=O)[C@@H](CCCNC(=N)N)NC(=O)CCN=[N+]=[N-])C(=O)NCC(=O)N[C@@H](CCC(=O)O)C(=O)N[C@@H](CC(C)C)C(=O)N[C@H](C(=O)N[C@@H](Cc1c[nH]c2ccccc12)C(=O)N[C@@H](CS)C(=O)N[C@H](C(=O)O)[C@@H](C)O)C(C)C. The van der Waals surface area contributed by atoms with Crippen LogP contribution in [0.15, 0.2) is 78.6 Å². The number of azide groups is 1. The van der Waals surface area contributed by atoms with Crippen LogP contribution in [0.5, 0.6) is 0 Å². The maximum absolute atomic E-state index is 15.0. The van der Waals surface area contributed by atoms with E-state index in [4.69, 9.17) is 45.1 Å². The zero-order valence-electron chi connectivity index (χ0n) is 83.8. The van der Waals surface area contributed by atoms with Crippen molar-refractivity contribution in [1.82, 2.24) is 105 Å². The van der Waals surface area contributed by atoms with Crippen LogP contribution in [0.4, 0.5) is 0 Å². The van der Waals surface area contributed by atoms with Crippen molar-refractivity contribution in [1.29, 1.82) is 5.41 Å². The fourth-order valence-corrected chi connectivity index (χ4v) is 15.0. The third-order valence-corrected chi connectivity index (χ3v) is 22.9. The highest BCUT2D eigenvalue weighted by molar-refractivity contribution is 7.80. The number of carbonyl (C=O) groups is 18. The van der Waals surface area contributed by atoms with E-state index in [1.165, 1.54) is 19.4 Å². The standard InChI is InChI=1S/C93H141N25O28S2/c1-51(2)38-65(82(129)102-47-75(122)107-64(19-20-76(123)124)83(130)111-66(39-52(3)4)88(135)116-78(53(5)6)91(138)113-68(41-57-45-101-62-17-12-10-15-60(57)62)85(132)115-72(49-148)90(137)117-79(55(8)119)92(139)140)110-86(133)69(42-58-46-97-50-103-58)112-84(131)67(40-56-44-100-61-16-11-9-14-59(56)61)109-80(127)54(7)105-89(136)71(48-147)114-87(134)70(43-77(125)126)108-74(121)22-26-141-28-30-143-32-34-145-36-37-146-35-33-144-31-29-142-27-25-98-81(128)63(18-13-23-99-93(94)95)106-73(120)21-24-104-118-96/h9-12,14-17,44-46,50-55,63-72,78-79,100-101,119,147-148H,13,18-43,47-49H2,1-8H3,(H,97,103)(H,98,128)(H,102,129)(H,105,136)(H,106,120)(H,107,122)(H,108,121)(H,109,127)(H,110,133)(H,111,130)(H,112,131)(H,113,138)(H,114,134)(H,115,132)(H,116,135)(H,117,137)(H,123,124)(H,125,126)(H,139,140)(H4,94,95,99)/t54-,55+,63+,64-,65-,66-,67-,68-,69-,70-,71-,72-,78-,79-/m0/s1. The van der Waals surface area contributed by atoms with Crippen LogP contribution in [0, 0.1) is 23.2 Å². The first kappa shape index (κ1) is 125. The van der Waals surface area contributed by atoms with Gasteiger partial charge >= 0.3 is 17.9 Å². The van der Waals surface area contributed by atoms with Gasteiger partial charge in [-0.05, 0) is 92.5 Å². The molecule has 14 atom stereocenters. The number of nitrogens with zero attached hydrogens (tertiary/aromatic N) is 4. The molecule has 53 nitrogen and oxygen atoms in total. The quantitative estimate of drug-likeness (QED) is 0.00347. The average molecular weight is 2120 g/mol. The Bertz CT molecular complexity index is 5220. The van der Waals surface area contributed by atoms with E-state index in [1.54, 1.807) is 102 Å². The molecule has 818 valence electrons. The number of guanidine groups is 1. The number of fused-ring (bicyclic) bond motifs is 2. The topological polar surface area (TPSA) is 795 Å². The van der Waals surface area contributed by atoms with Crippen molar-refractivity contribution in [2.45, 2.75) is 217 Å². The molecule has 55 heteroatoms. The highest BCUT2D eigenvalue weighted by Gasteiger charge is 2.39. The molecule has 0 saturated carbocycles. The van der Waals surface area contributed by atoms with Gasteiger partial charge < -0.3 is 155 Å². The molecule has 0 saturated heterocycles. The first-order valence-corrected chi connectivity index (χ1v) is 49.5. The monoisotopic (exact) mass is 2120 g/mol. The summed E-state index contributed by atoms with van der Waals surface area (Å²) in [6.45, 7) is 14.0. The van der Waals surface area contributed by atoms with Crippen molar-refractivity contribution in [2.75, 3.05) is 117 Å². The predicted octanol–water partition coefficient (Wildman–Crippen LogP) is -3.18. The van der Waals surface area contributed by atoms with Crippen molar-refractivity contribution in [3.63, 3.8) is 0 Å². The summed E-state index contributed by atoms with van der Waals surface area (Å²) < 4.78 is 33.0. The Morgan fingerprint density at radius 3 is 1.33 bits per heavy atom. The molecule has 2 aromatic carbocycles. The Balaban J connectivity index is 1.14. The van der Waals surface area contributed by atoms with Crippen molar-refractivity contribution >= 4 is 160 Å². The second kappa shape index (κ2) is 67.9. The Kier molecular flexibility index (Phi) is 57.2. The molecule has 26 N–H and O–H groups in total. The normalized spacial score (nSPS) is 14.1. The molecule has 0 aliphatic heterocycles. The average Bonchev–Trinajstić information content (AvgIpc) is 1.63. The van der Waals surface area contributed by atoms with Crippen molar-refractivity contribution in [3.8, 4) is 0 Å². The van der Waals surface area contributed by atoms with Crippen LogP contribution >= 0.6 is 25.3 Å². The molecule has 15 amide bonds. The molecule has 3 heterocycles. The van der Waals surface area contributed by atoms with E-state index in [0.29, 0.717) is 45.9 Å². The van der Waals surface area contributed by atoms with Crippen molar-refractivity contribution in [3.05, 3.63) is 101 Å². The molecule has 5 aromatic rings. The number of amides is 15. The number of aliphatic carboxylic acids is 3. The number of thiol groups is 2. The summed E-state index contributed by atoms with van der Waals surface area (Å²) in [5.74, 6) is -20.5. The number of H-pyrrole nitrogens is 3. The summed E-state index contributed by atoms with van der Waals surface area (Å²) in [5, 5.41) is 91.6. The number of nitrogens with one attached hydrogen (secondary N) is 20. The Labute approximate surface area is 864 Å². The summed E-state index contributed by atoms with van der Waals surface area (Å²) in [5.41, 5.74) is 16.3. The third-order valence-electron chi connectivity index (χ3n) is 22.2. The number of aromatic amines is 3. The molecule has 148 heavy (non-hydrogen) atoms. The van der Waals surface area contributed by atoms with Crippen LogP contribution in [-0.4, -0.2) is 354 Å². The van der Waals surface area contributed by atoms with E-state index in [-0.39, 0.29) is 173 Å². The molecule has 0 unspecified atom stereocenters. The number of carbonyl (C=O) groups excluding carboxylic acids is 15. The molecule has 3 aromatic heterocycles. The van der Waals surface area contributed by atoms with Gasteiger partial charge in [-0.3, -0.25) is 86.9 Å². The van der Waals surface area contributed by atoms with Gasteiger partial charge in [0.25, 0.3) is 0 Å². The first-order chi connectivity index (χ1) is 70.5. The summed E-state index contributed by atoms with van der Waals surface area (Å²) in [6.07, 6.45) is 1.45. The van der Waals surface area contributed by atoms with Gasteiger partial charge in [0.2, 0.25) is 88.6 Å². The number of hydrogen-bond donors (Lipinski definition) is 27. The predicted molar refractivity (Wildman–Crippen MR) is 540 cm³/mol. The summed E-state index contributed by atoms with van der Waals surface area (Å²) in [6, 6.07) is -5.64.